The summed E-state index contributed by atoms with van der Waals surface area (Å²) in [5, 5.41) is 3.66. The Morgan fingerprint density at radius 1 is 1.28 bits per heavy atom. The van der Waals surface area contributed by atoms with Crippen molar-refractivity contribution in [3.8, 4) is 0 Å². The van der Waals surface area contributed by atoms with Gasteiger partial charge in [-0.15, -0.1) is 0 Å². The van der Waals surface area contributed by atoms with Gasteiger partial charge in [0.25, 0.3) is 0 Å². The summed E-state index contributed by atoms with van der Waals surface area (Å²) in [6, 6.07) is 0. The lowest BCUT2D eigenvalue weighted by atomic mass is 9.70. The number of nitrogens with one attached hydrogen (secondary N) is 1. The Labute approximate surface area is 113 Å². The van der Waals surface area contributed by atoms with E-state index in [2.05, 4.69) is 12.2 Å². The van der Waals surface area contributed by atoms with Gasteiger partial charge in [0.05, 0.1) is 6.61 Å². The maximum Gasteiger partial charge on any atom is 0.0587 e. The zero-order valence-corrected chi connectivity index (χ0v) is 12.3. The number of fused-ring (bicyclic) bond motifs is 2. The second-order valence-electron chi connectivity index (χ2n) is 6.57. The third-order valence-corrected chi connectivity index (χ3v) is 5.34. The molecule has 2 aliphatic carbocycles. The third-order valence-electron chi connectivity index (χ3n) is 5.34. The summed E-state index contributed by atoms with van der Waals surface area (Å²) in [6.45, 7) is 5.41. The van der Waals surface area contributed by atoms with Gasteiger partial charge < -0.3 is 10.1 Å². The van der Waals surface area contributed by atoms with Crippen LogP contribution in [0.4, 0.5) is 0 Å². The number of hydrogen-bond acceptors (Lipinski definition) is 2. The Bertz CT molecular complexity index is 243. The summed E-state index contributed by atoms with van der Waals surface area (Å²) in [7, 11) is 1.79. The molecule has 2 fully saturated rings. The fourth-order valence-corrected chi connectivity index (χ4v) is 4.41. The maximum atomic E-state index is 5.14. The molecular formula is C16H31NO. The third kappa shape index (κ3) is 3.27. The van der Waals surface area contributed by atoms with Crippen molar-refractivity contribution in [3.63, 3.8) is 0 Å². The van der Waals surface area contributed by atoms with Crippen LogP contribution in [0.5, 0.6) is 0 Å². The van der Waals surface area contributed by atoms with E-state index >= 15 is 0 Å². The van der Waals surface area contributed by atoms with Gasteiger partial charge >= 0.3 is 0 Å². The lowest BCUT2D eigenvalue weighted by molar-refractivity contribution is 0.130. The molecule has 2 heteroatoms. The van der Waals surface area contributed by atoms with Crippen LogP contribution in [0.25, 0.3) is 0 Å². The van der Waals surface area contributed by atoms with Gasteiger partial charge in [-0.2, -0.15) is 0 Å². The zero-order chi connectivity index (χ0) is 12.8. The van der Waals surface area contributed by atoms with Crippen molar-refractivity contribution < 1.29 is 4.74 Å². The molecule has 0 radical (unpaired) electrons. The fourth-order valence-electron chi connectivity index (χ4n) is 4.41. The summed E-state index contributed by atoms with van der Waals surface area (Å²) < 4.78 is 5.14. The molecule has 0 aromatic rings. The van der Waals surface area contributed by atoms with Crippen molar-refractivity contribution in [1.29, 1.82) is 0 Å². The first-order chi connectivity index (χ1) is 8.80. The molecule has 3 atom stereocenters. The summed E-state index contributed by atoms with van der Waals surface area (Å²) >= 11 is 0. The highest BCUT2D eigenvalue weighted by atomic mass is 16.5. The van der Waals surface area contributed by atoms with Gasteiger partial charge in [-0.05, 0) is 42.9 Å². The molecular weight excluding hydrogens is 222 g/mol. The Kier molecular flexibility index (Phi) is 5.50. The van der Waals surface area contributed by atoms with E-state index in [0.29, 0.717) is 5.41 Å². The van der Waals surface area contributed by atoms with E-state index in [0.717, 1.165) is 25.0 Å². The molecule has 0 aromatic carbocycles. The molecule has 0 aliphatic heterocycles. The maximum absolute atomic E-state index is 5.14. The molecule has 2 aliphatic rings. The summed E-state index contributed by atoms with van der Waals surface area (Å²) in [6.07, 6.45) is 11.7. The van der Waals surface area contributed by atoms with E-state index in [1.165, 1.54) is 57.9 Å². The SMILES string of the molecule is CCCCCC1(CNCCOC)CC2CCC1C2. The molecule has 2 bridgehead atoms. The van der Waals surface area contributed by atoms with Gasteiger partial charge in [0, 0.05) is 20.2 Å². The van der Waals surface area contributed by atoms with Crippen LogP contribution in [-0.4, -0.2) is 26.8 Å². The molecule has 0 aromatic heterocycles. The lowest BCUT2D eigenvalue weighted by Gasteiger charge is -2.38. The Morgan fingerprint density at radius 3 is 2.78 bits per heavy atom. The molecule has 0 amide bonds. The normalized spacial score (nSPS) is 34.3. The predicted molar refractivity (Wildman–Crippen MR) is 76.8 cm³/mol. The minimum Gasteiger partial charge on any atom is -0.383 e. The number of unbranched alkanes of at least 4 members (excludes halogenated alkanes) is 2. The fraction of sp³-hybridized carbons (Fsp3) is 1.00. The molecule has 18 heavy (non-hydrogen) atoms. The molecule has 2 nitrogen and oxygen atoms in total. The van der Waals surface area contributed by atoms with E-state index < -0.39 is 0 Å². The van der Waals surface area contributed by atoms with Crippen LogP contribution < -0.4 is 5.32 Å². The molecule has 1 N–H and O–H groups in total. The van der Waals surface area contributed by atoms with Gasteiger partial charge in [-0.3, -0.25) is 0 Å². The zero-order valence-electron chi connectivity index (χ0n) is 12.3. The van der Waals surface area contributed by atoms with Crippen molar-refractivity contribution in [2.24, 2.45) is 17.3 Å². The first-order valence-corrected chi connectivity index (χ1v) is 8.00. The van der Waals surface area contributed by atoms with Gasteiger partial charge in [0.15, 0.2) is 0 Å². The monoisotopic (exact) mass is 253 g/mol. The second-order valence-corrected chi connectivity index (χ2v) is 6.57. The van der Waals surface area contributed by atoms with Crippen LogP contribution in [0, 0.1) is 17.3 Å². The Hall–Kier alpha value is -0.0800. The topological polar surface area (TPSA) is 21.3 Å². The molecule has 2 saturated carbocycles. The van der Waals surface area contributed by atoms with Crippen molar-refractivity contribution in [3.05, 3.63) is 0 Å². The Morgan fingerprint density at radius 2 is 2.17 bits per heavy atom. The van der Waals surface area contributed by atoms with E-state index in [4.69, 9.17) is 4.74 Å². The second kappa shape index (κ2) is 6.91. The average Bonchev–Trinajstić information content (AvgIpc) is 2.96. The summed E-state index contributed by atoms with van der Waals surface area (Å²) in [5.41, 5.74) is 0.645. The van der Waals surface area contributed by atoms with Gasteiger partial charge in [-0.25, -0.2) is 0 Å². The molecule has 0 heterocycles. The largest absolute Gasteiger partial charge is 0.383 e. The quantitative estimate of drug-likeness (QED) is 0.634. The number of methoxy groups -OCH3 is 1. The Balaban J connectivity index is 1.82. The highest BCUT2D eigenvalue weighted by molar-refractivity contribution is 5.01. The number of ether oxygens (including phenoxy) is 1. The van der Waals surface area contributed by atoms with Crippen molar-refractivity contribution in [1.82, 2.24) is 5.32 Å². The minimum atomic E-state index is 0.645. The first-order valence-electron chi connectivity index (χ1n) is 8.00. The first kappa shape index (κ1) is 14.3. The van der Waals surface area contributed by atoms with Crippen LogP contribution in [0.3, 0.4) is 0 Å². The van der Waals surface area contributed by atoms with E-state index in [-0.39, 0.29) is 0 Å². The summed E-state index contributed by atoms with van der Waals surface area (Å²) in [5.74, 6) is 2.08. The smallest absolute Gasteiger partial charge is 0.0587 e. The van der Waals surface area contributed by atoms with Crippen LogP contribution in [0.2, 0.25) is 0 Å². The minimum absolute atomic E-state index is 0.645. The number of rotatable bonds is 9. The van der Waals surface area contributed by atoms with Crippen molar-refractivity contribution >= 4 is 0 Å². The standard InChI is InChI=1S/C16H31NO/c1-3-4-5-8-16(13-17-9-10-18-2)12-14-6-7-15(16)11-14/h14-15,17H,3-13H2,1-2H3. The number of hydrogen-bond donors (Lipinski definition) is 1. The summed E-state index contributed by atoms with van der Waals surface area (Å²) in [4.78, 5) is 0. The van der Waals surface area contributed by atoms with Crippen LogP contribution >= 0.6 is 0 Å². The van der Waals surface area contributed by atoms with Gasteiger partial charge in [0.2, 0.25) is 0 Å². The highest BCUT2D eigenvalue weighted by Gasteiger charge is 2.49. The van der Waals surface area contributed by atoms with Crippen molar-refractivity contribution in [2.45, 2.75) is 58.3 Å². The van der Waals surface area contributed by atoms with Crippen LogP contribution in [0.1, 0.15) is 58.3 Å². The van der Waals surface area contributed by atoms with E-state index in [1.54, 1.807) is 7.11 Å². The van der Waals surface area contributed by atoms with Crippen molar-refractivity contribution in [2.75, 3.05) is 26.8 Å². The molecule has 0 saturated heterocycles. The van der Waals surface area contributed by atoms with Crippen LogP contribution in [-0.2, 0) is 4.74 Å². The van der Waals surface area contributed by atoms with E-state index in [9.17, 15) is 0 Å². The van der Waals surface area contributed by atoms with Gasteiger partial charge in [-0.1, -0.05) is 32.6 Å². The van der Waals surface area contributed by atoms with Gasteiger partial charge in [0.1, 0.15) is 0 Å². The molecule has 106 valence electrons. The molecule has 3 unspecified atom stereocenters. The lowest BCUT2D eigenvalue weighted by Crippen LogP contribution is -2.39. The highest BCUT2D eigenvalue weighted by Crippen LogP contribution is 2.57. The molecule has 0 spiro atoms. The van der Waals surface area contributed by atoms with Crippen LogP contribution in [0.15, 0.2) is 0 Å². The van der Waals surface area contributed by atoms with E-state index in [1.807, 2.05) is 0 Å². The predicted octanol–water partition coefficient (Wildman–Crippen LogP) is 3.61. The average molecular weight is 253 g/mol. The molecule has 2 rings (SSSR count).